The van der Waals surface area contributed by atoms with Crippen LogP contribution in [0.4, 0.5) is 0 Å². The van der Waals surface area contributed by atoms with Crippen molar-refractivity contribution in [3.63, 3.8) is 0 Å². The number of fused-ring (bicyclic) bond motifs is 1. The number of H-pyrrole nitrogens is 1. The molecule has 3 N–H and O–H groups in total. The van der Waals surface area contributed by atoms with E-state index in [0.717, 1.165) is 34.9 Å². The molecule has 1 aromatic carbocycles. The van der Waals surface area contributed by atoms with Gasteiger partial charge in [0.1, 0.15) is 5.69 Å². The lowest BCUT2D eigenvalue weighted by atomic mass is 10.0. The van der Waals surface area contributed by atoms with Gasteiger partial charge in [0.2, 0.25) is 5.91 Å². The number of benzene rings is 1. The Kier molecular flexibility index (Phi) is 4.85. The summed E-state index contributed by atoms with van der Waals surface area (Å²) in [5.41, 5.74) is 3.68. The van der Waals surface area contributed by atoms with Gasteiger partial charge in [0.15, 0.2) is 0 Å². The van der Waals surface area contributed by atoms with Crippen molar-refractivity contribution < 1.29 is 14.7 Å². The third-order valence-corrected chi connectivity index (χ3v) is 3.78. The molecule has 0 spiro atoms. The van der Waals surface area contributed by atoms with Crippen molar-refractivity contribution in [2.24, 2.45) is 0 Å². The second kappa shape index (κ2) is 6.64. The van der Waals surface area contributed by atoms with Crippen molar-refractivity contribution >= 4 is 22.8 Å². The van der Waals surface area contributed by atoms with Crippen molar-refractivity contribution in [3.8, 4) is 0 Å². The number of aromatic carboxylic acids is 1. The van der Waals surface area contributed by atoms with Crippen molar-refractivity contribution in [3.05, 3.63) is 34.5 Å². The number of carboxylic acids is 1. The van der Waals surface area contributed by atoms with Crippen LogP contribution in [0.5, 0.6) is 0 Å². The van der Waals surface area contributed by atoms with Crippen molar-refractivity contribution in [2.45, 2.75) is 46.6 Å². The van der Waals surface area contributed by atoms with E-state index in [4.69, 9.17) is 0 Å². The quantitative estimate of drug-likeness (QED) is 0.765. The van der Waals surface area contributed by atoms with Gasteiger partial charge >= 0.3 is 5.97 Å². The highest BCUT2D eigenvalue weighted by Gasteiger charge is 2.19. The highest BCUT2D eigenvalue weighted by atomic mass is 16.4. The van der Waals surface area contributed by atoms with Crippen molar-refractivity contribution in [1.82, 2.24) is 10.3 Å². The van der Waals surface area contributed by atoms with E-state index in [9.17, 15) is 14.7 Å². The van der Waals surface area contributed by atoms with Gasteiger partial charge in [-0.15, -0.1) is 0 Å². The molecule has 0 aliphatic rings. The molecule has 0 saturated heterocycles. The molecular formula is C17H22N2O3. The summed E-state index contributed by atoms with van der Waals surface area (Å²) >= 11 is 0. The number of aryl methyl sites for hydroxylation is 2. The Hall–Kier alpha value is -2.30. The summed E-state index contributed by atoms with van der Waals surface area (Å²) < 4.78 is 0. The Morgan fingerprint density at radius 1 is 1.27 bits per heavy atom. The molecule has 5 nitrogen and oxygen atoms in total. The van der Waals surface area contributed by atoms with Crippen molar-refractivity contribution in [2.75, 3.05) is 0 Å². The van der Waals surface area contributed by atoms with Gasteiger partial charge in [0, 0.05) is 29.4 Å². The van der Waals surface area contributed by atoms with Crippen LogP contribution in [0.1, 0.15) is 53.4 Å². The molecule has 0 bridgehead atoms. The van der Waals surface area contributed by atoms with E-state index in [-0.39, 0.29) is 18.1 Å². The maximum absolute atomic E-state index is 11.8. The molecule has 0 unspecified atom stereocenters. The highest BCUT2D eigenvalue weighted by molar-refractivity contribution is 5.99. The second-order valence-electron chi connectivity index (χ2n) is 5.67. The lowest BCUT2D eigenvalue weighted by molar-refractivity contribution is -0.121. The second-order valence-corrected chi connectivity index (χ2v) is 5.67. The van der Waals surface area contributed by atoms with E-state index in [1.54, 1.807) is 0 Å². The molecule has 1 aromatic heterocycles. The van der Waals surface area contributed by atoms with Gasteiger partial charge < -0.3 is 15.4 Å². The first kappa shape index (κ1) is 16.1. The zero-order valence-corrected chi connectivity index (χ0v) is 13.2. The predicted molar refractivity (Wildman–Crippen MR) is 86.1 cm³/mol. The number of carbonyl (C=O) groups excluding carboxylic acids is 1. The van der Waals surface area contributed by atoms with Gasteiger partial charge in [0.25, 0.3) is 0 Å². The SMILES string of the molecule is CCCCC(=O)NCc1c(C(=O)O)[nH]c2cc(C)cc(C)c12. The van der Waals surface area contributed by atoms with Crippen LogP contribution in [0.25, 0.3) is 10.9 Å². The number of hydrogen-bond donors (Lipinski definition) is 3. The maximum atomic E-state index is 11.8. The maximum Gasteiger partial charge on any atom is 0.352 e. The van der Waals surface area contributed by atoms with Crippen LogP contribution in [-0.2, 0) is 11.3 Å². The molecule has 5 heteroatoms. The zero-order chi connectivity index (χ0) is 16.3. The highest BCUT2D eigenvalue weighted by Crippen LogP contribution is 2.27. The van der Waals surface area contributed by atoms with E-state index in [1.165, 1.54) is 0 Å². The molecule has 118 valence electrons. The molecule has 1 heterocycles. The van der Waals surface area contributed by atoms with E-state index in [0.29, 0.717) is 12.0 Å². The van der Waals surface area contributed by atoms with Gasteiger partial charge in [-0.3, -0.25) is 4.79 Å². The number of aromatic nitrogens is 1. The number of unbranched alkanes of at least 4 members (excludes halogenated alkanes) is 1. The van der Waals surface area contributed by atoms with Crippen LogP contribution in [0.15, 0.2) is 12.1 Å². The third-order valence-electron chi connectivity index (χ3n) is 3.78. The molecule has 2 aromatic rings. The van der Waals surface area contributed by atoms with Gasteiger partial charge in [0.05, 0.1) is 0 Å². The fourth-order valence-corrected chi connectivity index (χ4v) is 2.77. The van der Waals surface area contributed by atoms with Crippen molar-refractivity contribution in [1.29, 1.82) is 0 Å². The standard InChI is InChI=1S/C17H22N2O3/c1-4-5-6-14(20)18-9-12-15-11(3)7-10(2)8-13(15)19-16(12)17(21)22/h7-8,19H,4-6,9H2,1-3H3,(H,18,20)(H,21,22). The lowest BCUT2D eigenvalue weighted by Gasteiger charge is -2.07. The smallest absolute Gasteiger partial charge is 0.352 e. The van der Waals surface area contributed by atoms with Gasteiger partial charge in [-0.25, -0.2) is 4.79 Å². The molecule has 0 fully saturated rings. The van der Waals surface area contributed by atoms with Crippen LogP contribution in [0.3, 0.4) is 0 Å². The molecule has 1 amide bonds. The number of hydrogen-bond acceptors (Lipinski definition) is 2. The van der Waals surface area contributed by atoms with Crippen LogP contribution >= 0.6 is 0 Å². The fourth-order valence-electron chi connectivity index (χ4n) is 2.77. The predicted octanol–water partition coefficient (Wildman–Crippen LogP) is 3.29. The summed E-state index contributed by atoms with van der Waals surface area (Å²) in [7, 11) is 0. The number of rotatable bonds is 6. The van der Waals surface area contributed by atoms with Gasteiger partial charge in [-0.2, -0.15) is 0 Å². The molecule has 22 heavy (non-hydrogen) atoms. The molecule has 0 saturated carbocycles. The minimum atomic E-state index is -1.01. The largest absolute Gasteiger partial charge is 0.477 e. The first-order valence-corrected chi connectivity index (χ1v) is 7.55. The van der Waals surface area contributed by atoms with Crippen LogP contribution in [0.2, 0.25) is 0 Å². The van der Waals surface area contributed by atoms with E-state index in [1.807, 2.05) is 32.9 Å². The minimum Gasteiger partial charge on any atom is -0.477 e. The topological polar surface area (TPSA) is 82.2 Å². The summed E-state index contributed by atoms with van der Waals surface area (Å²) in [4.78, 5) is 26.2. The van der Waals surface area contributed by atoms with Crippen LogP contribution in [0, 0.1) is 13.8 Å². The fraction of sp³-hybridized carbons (Fsp3) is 0.412. The summed E-state index contributed by atoms with van der Waals surface area (Å²) in [6, 6.07) is 3.95. The summed E-state index contributed by atoms with van der Waals surface area (Å²) in [6.45, 7) is 6.19. The minimum absolute atomic E-state index is 0.0442. The third kappa shape index (κ3) is 3.30. The molecule has 2 rings (SSSR count). The average molecular weight is 302 g/mol. The normalized spacial score (nSPS) is 10.9. The van der Waals surface area contributed by atoms with E-state index < -0.39 is 5.97 Å². The molecule has 0 aliphatic carbocycles. The number of carbonyl (C=O) groups is 2. The monoisotopic (exact) mass is 302 g/mol. The summed E-state index contributed by atoms with van der Waals surface area (Å²) in [5.74, 6) is -1.05. The number of aromatic amines is 1. The first-order valence-electron chi connectivity index (χ1n) is 7.55. The Morgan fingerprint density at radius 2 is 2.00 bits per heavy atom. The Morgan fingerprint density at radius 3 is 2.64 bits per heavy atom. The molecule has 0 aliphatic heterocycles. The molecular weight excluding hydrogens is 280 g/mol. The lowest BCUT2D eigenvalue weighted by Crippen LogP contribution is -2.23. The Balaban J connectivity index is 2.36. The van der Waals surface area contributed by atoms with Gasteiger partial charge in [-0.1, -0.05) is 19.4 Å². The Bertz CT molecular complexity index is 716. The molecule has 0 atom stereocenters. The zero-order valence-electron chi connectivity index (χ0n) is 13.2. The van der Waals surface area contributed by atoms with Crippen LogP contribution < -0.4 is 5.32 Å². The number of nitrogens with one attached hydrogen (secondary N) is 2. The average Bonchev–Trinajstić information content (AvgIpc) is 2.81. The Labute approximate surface area is 129 Å². The first-order chi connectivity index (χ1) is 10.4. The number of amides is 1. The number of carboxylic acid groups (broad SMARTS) is 1. The van der Waals surface area contributed by atoms with Crippen LogP contribution in [-0.4, -0.2) is 22.0 Å². The van der Waals surface area contributed by atoms with E-state index >= 15 is 0 Å². The summed E-state index contributed by atoms with van der Waals surface area (Å²) in [5, 5.41) is 13.1. The summed E-state index contributed by atoms with van der Waals surface area (Å²) in [6.07, 6.45) is 2.27. The molecule has 0 radical (unpaired) electrons. The van der Waals surface area contributed by atoms with E-state index in [2.05, 4.69) is 10.3 Å². The van der Waals surface area contributed by atoms with Gasteiger partial charge in [-0.05, 0) is 37.5 Å².